The number of aliphatic hydroxyl groups excluding tert-OH is 1. The van der Waals surface area contributed by atoms with Gasteiger partial charge in [0.15, 0.2) is 0 Å². The highest BCUT2D eigenvalue weighted by molar-refractivity contribution is 5.84. The standard InChI is InChI=1S/C18H19NO2/c1-21-14-6-4-5-13(11-14)15(9-10-20)17-12-19-18-8-3-2-7-16(17)18/h2-8,11-12,15,19-20H,9-10H2,1H3. The Morgan fingerprint density at radius 1 is 1.14 bits per heavy atom. The van der Waals surface area contributed by atoms with Crippen molar-refractivity contribution in [1.82, 2.24) is 4.98 Å². The van der Waals surface area contributed by atoms with E-state index in [1.54, 1.807) is 7.11 Å². The molecule has 2 aromatic carbocycles. The van der Waals surface area contributed by atoms with Crippen LogP contribution in [0, 0.1) is 0 Å². The van der Waals surface area contributed by atoms with Crippen molar-refractivity contribution in [3.63, 3.8) is 0 Å². The van der Waals surface area contributed by atoms with E-state index in [9.17, 15) is 5.11 Å². The smallest absolute Gasteiger partial charge is 0.119 e. The molecule has 1 heterocycles. The zero-order chi connectivity index (χ0) is 14.7. The van der Waals surface area contributed by atoms with Gasteiger partial charge in [-0.3, -0.25) is 0 Å². The number of aromatic nitrogens is 1. The average Bonchev–Trinajstić information content (AvgIpc) is 2.96. The van der Waals surface area contributed by atoms with Crippen molar-refractivity contribution in [1.29, 1.82) is 0 Å². The third kappa shape index (κ3) is 2.65. The van der Waals surface area contributed by atoms with Crippen molar-refractivity contribution in [3.05, 3.63) is 65.9 Å². The summed E-state index contributed by atoms with van der Waals surface area (Å²) >= 11 is 0. The summed E-state index contributed by atoms with van der Waals surface area (Å²) in [6, 6.07) is 16.3. The molecule has 3 nitrogen and oxygen atoms in total. The van der Waals surface area contributed by atoms with E-state index >= 15 is 0 Å². The predicted molar refractivity (Wildman–Crippen MR) is 84.8 cm³/mol. The van der Waals surface area contributed by atoms with Crippen molar-refractivity contribution in [3.8, 4) is 5.75 Å². The summed E-state index contributed by atoms with van der Waals surface area (Å²) in [5, 5.41) is 10.7. The van der Waals surface area contributed by atoms with Gasteiger partial charge in [0.1, 0.15) is 5.75 Å². The van der Waals surface area contributed by atoms with Crippen LogP contribution < -0.4 is 4.74 Å². The SMILES string of the molecule is COc1cccc(C(CCO)c2c[nH]c3ccccc23)c1. The number of fused-ring (bicyclic) bond motifs is 1. The number of rotatable bonds is 5. The number of H-pyrrole nitrogens is 1. The molecule has 1 atom stereocenters. The molecule has 2 N–H and O–H groups in total. The van der Waals surface area contributed by atoms with Crippen molar-refractivity contribution in [2.45, 2.75) is 12.3 Å². The van der Waals surface area contributed by atoms with E-state index in [2.05, 4.69) is 23.2 Å². The molecule has 108 valence electrons. The molecule has 3 rings (SSSR count). The Kier molecular flexibility index (Phi) is 3.93. The number of para-hydroxylation sites is 1. The number of ether oxygens (including phenoxy) is 1. The molecule has 3 aromatic rings. The molecule has 0 amide bonds. The van der Waals surface area contributed by atoms with Crippen LogP contribution in [-0.2, 0) is 0 Å². The lowest BCUT2D eigenvalue weighted by Gasteiger charge is -2.17. The van der Waals surface area contributed by atoms with E-state index in [1.807, 2.05) is 36.5 Å². The normalized spacial score (nSPS) is 12.5. The van der Waals surface area contributed by atoms with Gasteiger partial charge in [0.05, 0.1) is 7.11 Å². The Morgan fingerprint density at radius 2 is 2.00 bits per heavy atom. The van der Waals surface area contributed by atoms with Gasteiger partial charge in [-0.25, -0.2) is 0 Å². The Bertz CT molecular complexity index is 733. The number of aromatic amines is 1. The topological polar surface area (TPSA) is 45.2 Å². The van der Waals surface area contributed by atoms with Crippen LogP contribution in [0.2, 0.25) is 0 Å². The average molecular weight is 281 g/mol. The van der Waals surface area contributed by atoms with Crippen molar-refractivity contribution in [2.75, 3.05) is 13.7 Å². The summed E-state index contributed by atoms with van der Waals surface area (Å²) < 4.78 is 5.32. The first-order valence-corrected chi connectivity index (χ1v) is 7.14. The lowest BCUT2D eigenvalue weighted by atomic mass is 9.88. The Labute approximate surface area is 124 Å². The quantitative estimate of drug-likeness (QED) is 0.749. The second-order valence-electron chi connectivity index (χ2n) is 5.13. The van der Waals surface area contributed by atoms with E-state index in [0.717, 1.165) is 16.8 Å². The lowest BCUT2D eigenvalue weighted by molar-refractivity contribution is 0.281. The number of methoxy groups -OCH3 is 1. The Morgan fingerprint density at radius 3 is 2.81 bits per heavy atom. The van der Waals surface area contributed by atoms with Crippen LogP contribution in [-0.4, -0.2) is 23.8 Å². The zero-order valence-corrected chi connectivity index (χ0v) is 12.0. The first kappa shape index (κ1) is 13.7. The molecule has 21 heavy (non-hydrogen) atoms. The molecule has 0 radical (unpaired) electrons. The van der Waals surface area contributed by atoms with Crippen LogP contribution >= 0.6 is 0 Å². The second-order valence-corrected chi connectivity index (χ2v) is 5.13. The fourth-order valence-electron chi connectivity index (χ4n) is 2.87. The highest BCUT2D eigenvalue weighted by atomic mass is 16.5. The largest absolute Gasteiger partial charge is 0.497 e. The number of hydrogen-bond acceptors (Lipinski definition) is 2. The molecule has 0 saturated carbocycles. The van der Waals surface area contributed by atoms with Gasteiger partial charge in [0, 0.05) is 29.6 Å². The summed E-state index contributed by atoms with van der Waals surface area (Å²) in [5.74, 6) is 0.997. The number of hydrogen-bond donors (Lipinski definition) is 2. The zero-order valence-electron chi connectivity index (χ0n) is 12.0. The van der Waals surface area contributed by atoms with Crippen molar-refractivity contribution < 1.29 is 9.84 Å². The Hall–Kier alpha value is -2.26. The maximum atomic E-state index is 9.45. The molecule has 1 aromatic heterocycles. The highest BCUT2D eigenvalue weighted by Crippen LogP contribution is 2.34. The first-order chi connectivity index (χ1) is 10.3. The number of benzene rings is 2. The number of aliphatic hydroxyl groups is 1. The van der Waals surface area contributed by atoms with Crippen LogP contribution in [0.4, 0.5) is 0 Å². The predicted octanol–water partition coefficient (Wildman–Crippen LogP) is 3.69. The molecule has 0 saturated heterocycles. The molecule has 1 unspecified atom stereocenters. The van der Waals surface area contributed by atoms with E-state index in [4.69, 9.17) is 4.74 Å². The minimum absolute atomic E-state index is 0.154. The fourth-order valence-corrected chi connectivity index (χ4v) is 2.87. The van der Waals surface area contributed by atoms with E-state index in [0.29, 0.717) is 6.42 Å². The van der Waals surface area contributed by atoms with Gasteiger partial charge in [-0.05, 0) is 35.7 Å². The highest BCUT2D eigenvalue weighted by Gasteiger charge is 2.18. The third-order valence-corrected chi connectivity index (χ3v) is 3.91. The van der Waals surface area contributed by atoms with Crippen LogP contribution in [0.5, 0.6) is 5.75 Å². The molecule has 3 heteroatoms. The summed E-state index contributed by atoms with van der Waals surface area (Å²) in [4.78, 5) is 3.31. The fraction of sp³-hybridized carbons (Fsp3) is 0.222. The lowest BCUT2D eigenvalue weighted by Crippen LogP contribution is -2.03. The Balaban J connectivity index is 2.08. The van der Waals surface area contributed by atoms with Crippen molar-refractivity contribution >= 4 is 10.9 Å². The van der Waals surface area contributed by atoms with Gasteiger partial charge in [-0.2, -0.15) is 0 Å². The van der Waals surface area contributed by atoms with Gasteiger partial charge in [-0.15, -0.1) is 0 Å². The monoisotopic (exact) mass is 281 g/mol. The molecular formula is C18H19NO2. The molecule has 0 spiro atoms. The molecule has 0 bridgehead atoms. The maximum absolute atomic E-state index is 9.45. The second kappa shape index (κ2) is 6.02. The summed E-state index contributed by atoms with van der Waals surface area (Å²) in [6.07, 6.45) is 2.74. The third-order valence-electron chi connectivity index (χ3n) is 3.91. The molecule has 0 aliphatic carbocycles. The number of nitrogens with one attached hydrogen (secondary N) is 1. The van der Waals surface area contributed by atoms with E-state index in [1.165, 1.54) is 10.9 Å². The van der Waals surface area contributed by atoms with Gasteiger partial charge < -0.3 is 14.8 Å². The minimum atomic E-state index is 0.154. The first-order valence-electron chi connectivity index (χ1n) is 7.14. The summed E-state index contributed by atoms with van der Waals surface area (Å²) in [6.45, 7) is 0.154. The van der Waals surface area contributed by atoms with Gasteiger partial charge >= 0.3 is 0 Å². The van der Waals surface area contributed by atoms with Gasteiger partial charge in [0.2, 0.25) is 0 Å². The van der Waals surface area contributed by atoms with Crippen molar-refractivity contribution in [2.24, 2.45) is 0 Å². The molecule has 0 fully saturated rings. The van der Waals surface area contributed by atoms with Gasteiger partial charge in [-0.1, -0.05) is 30.3 Å². The van der Waals surface area contributed by atoms with E-state index < -0.39 is 0 Å². The van der Waals surface area contributed by atoms with E-state index in [-0.39, 0.29) is 12.5 Å². The maximum Gasteiger partial charge on any atom is 0.119 e. The van der Waals surface area contributed by atoms with Crippen LogP contribution in [0.3, 0.4) is 0 Å². The molecule has 0 aliphatic heterocycles. The van der Waals surface area contributed by atoms with Crippen LogP contribution in [0.1, 0.15) is 23.5 Å². The summed E-state index contributed by atoms with van der Waals surface area (Å²) in [7, 11) is 1.67. The minimum Gasteiger partial charge on any atom is -0.497 e. The summed E-state index contributed by atoms with van der Waals surface area (Å²) in [5.41, 5.74) is 3.50. The molecule has 0 aliphatic rings. The van der Waals surface area contributed by atoms with Crippen LogP contribution in [0.25, 0.3) is 10.9 Å². The molecular weight excluding hydrogens is 262 g/mol. The van der Waals surface area contributed by atoms with Crippen LogP contribution in [0.15, 0.2) is 54.7 Å². The van der Waals surface area contributed by atoms with Gasteiger partial charge in [0.25, 0.3) is 0 Å².